The van der Waals surface area contributed by atoms with Gasteiger partial charge in [0.05, 0.1) is 11.6 Å². The number of methoxy groups -OCH3 is 1. The Morgan fingerprint density at radius 2 is 2.18 bits per heavy atom. The summed E-state index contributed by atoms with van der Waals surface area (Å²) in [4.78, 5) is 11.1. The van der Waals surface area contributed by atoms with Crippen LogP contribution in [0.25, 0.3) is 0 Å². The molecule has 0 aliphatic rings. The fourth-order valence-electron chi connectivity index (χ4n) is 1.26. The molecule has 5 heteroatoms. The Labute approximate surface area is 105 Å². The van der Waals surface area contributed by atoms with E-state index in [0.29, 0.717) is 16.3 Å². The van der Waals surface area contributed by atoms with Crippen molar-refractivity contribution in [2.24, 2.45) is 0 Å². The van der Waals surface area contributed by atoms with Gasteiger partial charge in [0.25, 0.3) is 0 Å². The molecule has 0 aliphatic heterocycles. The van der Waals surface area contributed by atoms with Crippen LogP contribution in [0.1, 0.15) is 17.3 Å². The number of carbonyl (C=O) groups excluding carboxylic acids is 1. The highest BCUT2D eigenvalue weighted by molar-refractivity contribution is 6.32. The minimum absolute atomic E-state index is 0.0575. The maximum absolute atomic E-state index is 11.1. The number of ether oxygens (including phenoxy) is 2. The zero-order valence-electron chi connectivity index (χ0n) is 9.77. The van der Waals surface area contributed by atoms with E-state index in [1.807, 2.05) is 0 Å². The van der Waals surface area contributed by atoms with Gasteiger partial charge < -0.3 is 14.6 Å². The molecule has 0 saturated heterocycles. The Morgan fingerprint density at radius 1 is 1.47 bits per heavy atom. The van der Waals surface area contributed by atoms with Crippen LogP contribution >= 0.6 is 11.6 Å². The predicted molar refractivity (Wildman–Crippen MR) is 64.8 cm³/mol. The van der Waals surface area contributed by atoms with Gasteiger partial charge in [-0.15, -0.1) is 0 Å². The summed E-state index contributed by atoms with van der Waals surface area (Å²) in [7, 11) is 1.50. The lowest BCUT2D eigenvalue weighted by molar-refractivity contribution is 0.0326. The lowest BCUT2D eigenvalue weighted by atomic mass is 10.1. The van der Waals surface area contributed by atoms with Crippen molar-refractivity contribution in [2.45, 2.75) is 13.0 Å². The van der Waals surface area contributed by atoms with Crippen molar-refractivity contribution < 1.29 is 19.4 Å². The molecule has 0 fully saturated rings. The number of Topliss-reactive ketones (excluding diaryl/α,β-unsaturated/α-hetero) is 1. The second-order valence-electron chi connectivity index (χ2n) is 3.62. The number of rotatable bonds is 6. The van der Waals surface area contributed by atoms with E-state index in [1.165, 1.54) is 14.0 Å². The Balaban J connectivity index is 2.63. The third-order valence-electron chi connectivity index (χ3n) is 2.13. The van der Waals surface area contributed by atoms with Crippen molar-refractivity contribution in [1.82, 2.24) is 0 Å². The van der Waals surface area contributed by atoms with Gasteiger partial charge in [-0.2, -0.15) is 0 Å². The topological polar surface area (TPSA) is 55.8 Å². The number of hydrogen-bond acceptors (Lipinski definition) is 4. The van der Waals surface area contributed by atoms with E-state index in [9.17, 15) is 9.90 Å². The molecule has 0 heterocycles. The molecule has 0 spiro atoms. The van der Waals surface area contributed by atoms with E-state index < -0.39 is 6.10 Å². The Hall–Kier alpha value is -1.10. The molecule has 1 N–H and O–H groups in total. The summed E-state index contributed by atoms with van der Waals surface area (Å²) in [6.07, 6.45) is -0.705. The highest BCUT2D eigenvalue weighted by atomic mass is 35.5. The summed E-state index contributed by atoms with van der Waals surface area (Å²) in [6, 6.07) is 4.78. The van der Waals surface area contributed by atoms with Crippen LogP contribution in [0.5, 0.6) is 5.75 Å². The third-order valence-corrected chi connectivity index (χ3v) is 2.42. The number of hydrogen-bond donors (Lipinski definition) is 1. The molecule has 1 aromatic carbocycles. The van der Waals surface area contributed by atoms with Crippen LogP contribution < -0.4 is 4.74 Å². The molecule has 0 unspecified atom stereocenters. The quantitative estimate of drug-likeness (QED) is 0.792. The second kappa shape index (κ2) is 6.59. The predicted octanol–water partition coefficient (Wildman–Crippen LogP) is 1.93. The maximum atomic E-state index is 11.1. The molecule has 1 rings (SSSR count). The number of aliphatic hydroxyl groups excluding tert-OH is 1. The lowest BCUT2D eigenvalue weighted by Crippen LogP contribution is -2.22. The van der Waals surface area contributed by atoms with Crippen LogP contribution in [0.2, 0.25) is 5.02 Å². The Kier molecular flexibility index (Phi) is 5.41. The second-order valence-corrected chi connectivity index (χ2v) is 4.03. The van der Waals surface area contributed by atoms with Crippen molar-refractivity contribution in [3.63, 3.8) is 0 Å². The highest BCUT2D eigenvalue weighted by Crippen LogP contribution is 2.25. The normalized spacial score (nSPS) is 12.2. The van der Waals surface area contributed by atoms with Crippen molar-refractivity contribution in [1.29, 1.82) is 0 Å². The summed E-state index contributed by atoms with van der Waals surface area (Å²) >= 11 is 5.94. The van der Waals surface area contributed by atoms with E-state index in [0.717, 1.165) is 0 Å². The molecular weight excluding hydrogens is 244 g/mol. The first-order valence-corrected chi connectivity index (χ1v) is 5.52. The number of halogens is 1. The molecule has 94 valence electrons. The minimum atomic E-state index is -0.705. The number of carbonyl (C=O) groups is 1. The van der Waals surface area contributed by atoms with Crippen molar-refractivity contribution in [3.8, 4) is 5.75 Å². The fourth-order valence-corrected chi connectivity index (χ4v) is 1.50. The van der Waals surface area contributed by atoms with Crippen molar-refractivity contribution in [2.75, 3.05) is 20.3 Å². The molecule has 0 saturated carbocycles. The largest absolute Gasteiger partial charge is 0.489 e. The molecule has 0 amide bonds. The van der Waals surface area contributed by atoms with Crippen molar-refractivity contribution >= 4 is 17.4 Å². The maximum Gasteiger partial charge on any atom is 0.159 e. The molecule has 17 heavy (non-hydrogen) atoms. The SMILES string of the molecule is COC[C@@H](O)COc1ccc(C(C)=O)cc1Cl. The Morgan fingerprint density at radius 3 is 2.71 bits per heavy atom. The van der Waals surface area contributed by atoms with Gasteiger partial charge in [-0.05, 0) is 25.1 Å². The van der Waals surface area contributed by atoms with Gasteiger partial charge in [-0.3, -0.25) is 4.79 Å². The first kappa shape index (κ1) is 14.0. The van der Waals surface area contributed by atoms with Crippen molar-refractivity contribution in [3.05, 3.63) is 28.8 Å². The first-order chi connectivity index (χ1) is 8.04. The van der Waals surface area contributed by atoms with Gasteiger partial charge in [0.1, 0.15) is 18.5 Å². The van der Waals surface area contributed by atoms with E-state index in [4.69, 9.17) is 21.1 Å². The number of aliphatic hydroxyl groups is 1. The molecule has 0 radical (unpaired) electrons. The Bertz CT molecular complexity index is 392. The van der Waals surface area contributed by atoms with E-state index in [2.05, 4.69) is 0 Å². The summed E-state index contributed by atoms with van der Waals surface area (Å²) in [5.41, 5.74) is 0.528. The third kappa shape index (κ3) is 4.34. The number of benzene rings is 1. The first-order valence-electron chi connectivity index (χ1n) is 5.15. The average molecular weight is 259 g/mol. The van der Waals surface area contributed by atoms with Gasteiger partial charge in [-0.25, -0.2) is 0 Å². The molecule has 0 bridgehead atoms. The van der Waals surface area contributed by atoms with Gasteiger partial charge in [0, 0.05) is 12.7 Å². The van der Waals surface area contributed by atoms with E-state index in [1.54, 1.807) is 18.2 Å². The van der Waals surface area contributed by atoms with Gasteiger partial charge >= 0.3 is 0 Å². The molecule has 0 aromatic heterocycles. The minimum Gasteiger partial charge on any atom is -0.489 e. The standard InChI is InChI=1S/C12H15ClO4/c1-8(14)9-3-4-12(11(13)5-9)17-7-10(15)6-16-2/h3-5,10,15H,6-7H2,1-2H3/t10-/m1/s1. The average Bonchev–Trinajstić information content (AvgIpc) is 2.27. The highest BCUT2D eigenvalue weighted by Gasteiger charge is 2.09. The van der Waals surface area contributed by atoms with Crippen LogP contribution in [-0.2, 0) is 4.74 Å². The molecule has 4 nitrogen and oxygen atoms in total. The molecule has 0 aliphatic carbocycles. The summed E-state index contributed by atoms with van der Waals surface area (Å²) in [6.45, 7) is 1.75. The summed E-state index contributed by atoms with van der Waals surface area (Å²) < 4.78 is 10.1. The zero-order valence-corrected chi connectivity index (χ0v) is 10.5. The zero-order chi connectivity index (χ0) is 12.8. The van der Waals surface area contributed by atoms with Crippen LogP contribution in [0, 0.1) is 0 Å². The van der Waals surface area contributed by atoms with E-state index >= 15 is 0 Å². The van der Waals surface area contributed by atoms with Crippen LogP contribution in [0.15, 0.2) is 18.2 Å². The summed E-state index contributed by atoms with van der Waals surface area (Å²) in [5, 5.41) is 9.75. The molecular formula is C12H15ClO4. The fraction of sp³-hybridized carbons (Fsp3) is 0.417. The molecule has 1 atom stereocenters. The molecule has 1 aromatic rings. The monoisotopic (exact) mass is 258 g/mol. The van der Waals surface area contributed by atoms with Crippen LogP contribution in [-0.4, -0.2) is 37.3 Å². The smallest absolute Gasteiger partial charge is 0.159 e. The van der Waals surface area contributed by atoms with Gasteiger partial charge in [0.2, 0.25) is 0 Å². The van der Waals surface area contributed by atoms with Crippen LogP contribution in [0.3, 0.4) is 0 Å². The number of ketones is 1. The van der Waals surface area contributed by atoms with Gasteiger partial charge in [-0.1, -0.05) is 11.6 Å². The van der Waals surface area contributed by atoms with Gasteiger partial charge in [0.15, 0.2) is 5.78 Å². The lowest BCUT2D eigenvalue weighted by Gasteiger charge is -2.12. The van der Waals surface area contributed by atoms with Crippen LogP contribution in [0.4, 0.5) is 0 Å². The van der Waals surface area contributed by atoms with E-state index in [-0.39, 0.29) is 19.0 Å². The summed E-state index contributed by atoms with van der Waals surface area (Å²) in [5.74, 6) is 0.379.